The summed E-state index contributed by atoms with van der Waals surface area (Å²) in [6.07, 6.45) is 0. The van der Waals surface area contributed by atoms with Crippen molar-refractivity contribution >= 4 is 5.82 Å². The van der Waals surface area contributed by atoms with Gasteiger partial charge in [-0.25, -0.2) is 4.68 Å². The minimum atomic E-state index is 0.0841. The monoisotopic (exact) mass is 209 g/mol. The Morgan fingerprint density at radius 3 is 2.93 bits per heavy atom. The molecule has 15 heavy (non-hydrogen) atoms. The summed E-state index contributed by atoms with van der Waals surface area (Å²) >= 11 is 0. The van der Waals surface area contributed by atoms with Gasteiger partial charge >= 0.3 is 0 Å². The van der Waals surface area contributed by atoms with Crippen LogP contribution in [-0.4, -0.2) is 28.0 Å². The van der Waals surface area contributed by atoms with Crippen LogP contribution < -0.4 is 5.32 Å². The Bertz CT molecular complexity index is 351. The van der Waals surface area contributed by atoms with E-state index in [0.717, 1.165) is 24.6 Å². The molecule has 2 rings (SSSR count). The Morgan fingerprint density at radius 2 is 2.33 bits per heavy atom. The maximum Gasteiger partial charge on any atom is 0.124 e. The van der Waals surface area contributed by atoms with E-state index >= 15 is 0 Å². The zero-order valence-electron chi connectivity index (χ0n) is 9.62. The lowest BCUT2D eigenvalue weighted by molar-refractivity contribution is 0.209. The van der Waals surface area contributed by atoms with E-state index in [1.165, 1.54) is 0 Å². The standard InChI is InChI=1S/C11H19N3O/c1-11(2,3)9-4-10-12-5-8(7-15)6-14(10)13-9/h4,8,12,15H,5-7H2,1-3H3. The first-order valence-electron chi connectivity index (χ1n) is 5.44. The van der Waals surface area contributed by atoms with Gasteiger partial charge < -0.3 is 10.4 Å². The highest BCUT2D eigenvalue weighted by Gasteiger charge is 2.23. The molecule has 4 heteroatoms. The molecule has 4 nitrogen and oxygen atoms in total. The summed E-state index contributed by atoms with van der Waals surface area (Å²) in [5.41, 5.74) is 1.18. The molecule has 2 N–H and O–H groups in total. The van der Waals surface area contributed by atoms with Crippen molar-refractivity contribution in [2.24, 2.45) is 5.92 Å². The molecule has 1 atom stereocenters. The zero-order chi connectivity index (χ0) is 11.1. The molecule has 1 aliphatic heterocycles. The molecular formula is C11H19N3O. The van der Waals surface area contributed by atoms with Gasteiger partial charge in [0.05, 0.1) is 5.69 Å². The van der Waals surface area contributed by atoms with Crippen molar-refractivity contribution in [3.05, 3.63) is 11.8 Å². The number of anilines is 1. The van der Waals surface area contributed by atoms with Gasteiger partial charge in [0.15, 0.2) is 0 Å². The SMILES string of the molecule is CC(C)(C)c1cc2n(n1)CC(CO)CN2. The van der Waals surface area contributed by atoms with Crippen LogP contribution in [0.2, 0.25) is 0 Å². The first-order chi connectivity index (χ1) is 7.00. The summed E-state index contributed by atoms with van der Waals surface area (Å²) in [5, 5.41) is 17.0. The average molecular weight is 209 g/mol. The number of fused-ring (bicyclic) bond motifs is 1. The number of nitrogens with one attached hydrogen (secondary N) is 1. The second kappa shape index (κ2) is 3.52. The maximum absolute atomic E-state index is 9.10. The van der Waals surface area contributed by atoms with Crippen LogP contribution >= 0.6 is 0 Å². The number of aliphatic hydroxyl groups is 1. The molecule has 0 spiro atoms. The molecule has 0 aromatic carbocycles. The summed E-state index contributed by atoms with van der Waals surface area (Å²) in [6.45, 7) is 8.35. The fraction of sp³-hybridized carbons (Fsp3) is 0.727. The van der Waals surface area contributed by atoms with Crippen LogP contribution in [0.5, 0.6) is 0 Å². The van der Waals surface area contributed by atoms with Gasteiger partial charge in [0, 0.05) is 37.1 Å². The number of nitrogens with zero attached hydrogens (tertiary/aromatic N) is 2. The Kier molecular flexibility index (Phi) is 2.46. The van der Waals surface area contributed by atoms with Gasteiger partial charge in [-0.1, -0.05) is 20.8 Å². The summed E-state index contributed by atoms with van der Waals surface area (Å²) in [6, 6.07) is 2.10. The molecule has 1 aromatic rings. The van der Waals surface area contributed by atoms with Gasteiger partial charge in [-0.2, -0.15) is 5.10 Å². The van der Waals surface area contributed by atoms with Crippen LogP contribution in [0.1, 0.15) is 26.5 Å². The molecule has 1 aromatic heterocycles. The molecule has 0 saturated heterocycles. The van der Waals surface area contributed by atoms with Crippen LogP contribution in [0.4, 0.5) is 5.82 Å². The molecular weight excluding hydrogens is 190 g/mol. The molecule has 1 aliphatic rings. The second-order valence-corrected chi connectivity index (χ2v) is 5.28. The average Bonchev–Trinajstić information content (AvgIpc) is 2.59. The van der Waals surface area contributed by atoms with Crippen molar-refractivity contribution < 1.29 is 5.11 Å². The highest BCUT2D eigenvalue weighted by Crippen LogP contribution is 2.26. The lowest BCUT2D eigenvalue weighted by Crippen LogP contribution is -2.30. The Morgan fingerprint density at radius 1 is 1.60 bits per heavy atom. The topological polar surface area (TPSA) is 50.1 Å². The number of aromatic nitrogens is 2. The van der Waals surface area contributed by atoms with Gasteiger partial charge in [-0.05, 0) is 0 Å². The third kappa shape index (κ3) is 2.00. The van der Waals surface area contributed by atoms with Gasteiger partial charge in [0.25, 0.3) is 0 Å². The van der Waals surface area contributed by atoms with E-state index in [1.807, 2.05) is 4.68 Å². The maximum atomic E-state index is 9.10. The summed E-state index contributed by atoms with van der Waals surface area (Å²) in [5.74, 6) is 1.36. The van der Waals surface area contributed by atoms with Crippen molar-refractivity contribution in [1.29, 1.82) is 0 Å². The third-order valence-corrected chi connectivity index (χ3v) is 2.81. The molecule has 84 valence electrons. The normalized spacial score (nSPS) is 20.9. The lowest BCUT2D eigenvalue weighted by Gasteiger charge is -2.22. The van der Waals surface area contributed by atoms with E-state index in [2.05, 4.69) is 37.3 Å². The van der Waals surface area contributed by atoms with E-state index < -0.39 is 0 Å². The smallest absolute Gasteiger partial charge is 0.124 e. The third-order valence-electron chi connectivity index (χ3n) is 2.81. The van der Waals surface area contributed by atoms with Crippen LogP contribution in [0, 0.1) is 5.92 Å². The first-order valence-corrected chi connectivity index (χ1v) is 5.44. The van der Waals surface area contributed by atoms with E-state index in [0.29, 0.717) is 0 Å². The predicted molar refractivity (Wildman–Crippen MR) is 60.0 cm³/mol. The minimum Gasteiger partial charge on any atom is -0.396 e. The van der Waals surface area contributed by atoms with Crippen molar-refractivity contribution in [3.63, 3.8) is 0 Å². The van der Waals surface area contributed by atoms with Crippen molar-refractivity contribution in [3.8, 4) is 0 Å². The lowest BCUT2D eigenvalue weighted by atomic mass is 9.92. The fourth-order valence-electron chi connectivity index (χ4n) is 1.75. The van der Waals surface area contributed by atoms with E-state index in [1.54, 1.807) is 0 Å². The van der Waals surface area contributed by atoms with Crippen molar-refractivity contribution in [1.82, 2.24) is 9.78 Å². The number of rotatable bonds is 1. The van der Waals surface area contributed by atoms with Gasteiger partial charge in [0.1, 0.15) is 5.82 Å². The van der Waals surface area contributed by atoms with Gasteiger partial charge in [0.2, 0.25) is 0 Å². The summed E-state index contributed by atoms with van der Waals surface area (Å²) in [4.78, 5) is 0. The highest BCUT2D eigenvalue weighted by molar-refractivity contribution is 5.40. The molecule has 2 heterocycles. The highest BCUT2D eigenvalue weighted by atomic mass is 16.3. The van der Waals surface area contributed by atoms with E-state index in [9.17, 15) is 0 Å². The Labute approximate surface area is 90.3 Å². The van der Waals surface area contributed by atoms with Gasteiger partial charge in [-0.3, -0.25) is 0 Å². The first kappa shape index (κ1) is 10.5. The van der Waals surface area contributed by atoms with Crippen LogP contribution in [0.15, 0.2) is 6.07 Å². The largest absolute Gasteiger partial charge is 0.396 e. The predicted octanol–water partition coefficient (Wildman–Crippen LogP) is 1.21. The summed E-state index contributed by atoms with van der Waals surface area (Å²) in [7, 11) is 0. The molecule has 0 fully saturated rings. The quantitative estimate of drug-likeness (QED) is 0.731. The molecule has 0 amide bonds. The molecule has 0 bridgehead atoms. The van der Waals surface area contributed by atoms with Crippen molar-refractivity contribution in [2.75, 3.05) is 18.5 Å². The summed E-state index contributed by atoms with van der Waals surface area (Å²) < 4.78 is 1.96. The molecule has 0 radical (unpaired) electrons. The zero-order valence-corrected chi connectivity index (χ0v) is 9.62. The Balaban J connectivity index is 2.26. The van der Waals surface area contributed by atoms with Gasteiger partial charge in [-0.15, -0.1) is 0 Å². The van der Waals surface area contributed by atoms with Crippen LogP contribution in [0.25, 0.3) is 0 Å². The second-order valence-electron chi connectivity index (χ2n) is 5.28. The van der Waals surface area contributed by atoms with E-state index in [-0.39, 0.29) is 17.9 Å². The molecule has 1 unspecified atom stereocenters. The van der Waals surface area contributed by atoms with E-state index in [4.69, 9.17) is 5.11 Å². The van der Waals surface area contributed by atoms with Crippen LogP contribution in [-0.2, 0) is 12.0 Å². The van der Waals surface area contributed by atoms with Crippen LogP contribution in [0.3, 0.4) is 0 Å². The number of hydrogen-bond donors (Lipinski definition) is 2. The molecule has 0 saturated carbocycles. The number of aliphatic hydroxyl groups excluding tert-OH is 1. The number of hydrogen-bond acceptors (Lipinski definition) is 3. The van der Waals surface area contributed by atoms with Crippen molar-refractivity contribution in [2.45, 2.75) is 32.7 Å². The minimum absolute atomic E-state index is 0.0841. The Hall–Kier alpha value is -1.03. The fourth-order valence-corrected chi connectivity index (χ4v) is 1.75. The molecule has 0 aliphatic carbocycles.